The van der Waals surface area contributed by atoms with Crippen LogP contribution in [0.25, 0.3) is 0 Å². The molecule has 0 amide bonds. The Morgan fingerprint density at radius 2 is 2.32 bits per heavy atom. The number of nitrogens with two attached hydrogens (primary N) is 1. The molecule has 19 heavy (non-hydrogen) atoms. The molecule has 0 aliphatic carbocycles. The van der Waals surface area contributed by atoms with E-state index in [1.54, 1.807) is 0 Å². The van der Waals surface area contributed by atoms with Crippen molar-refractivity contribution < 1.29 is 14.6 Å². The third-order valence-corrected chi connectivity index (χ3v) is 3.01. The van der Waals surface area contributed by atoms with E-state index in [4.69, 9.17) is 15.6 Å². The maximum Gasteiger partial charge on any atom is 0.337 e. The van der Waals surface area contributed by atoms with Crippen molar-refractivity contribution in [3.8, 4) is 0 Å². The van der Waals surface area contributed by atoms with Crippen LogP contribution in [0.4, 0.5) is 11.5 Å². The van der Waals surface area contributed by atoms with Gasteiger partial charge in [-0.1, -0.05) is 0 Å². The number of anilines is 2. The average molecular weight is 265 g/mol. The first-order valence-electron chi connectivity index (χ1n) is 6.20. The quantitative estimate of drug-likeness (QED) is 0.839. The van der Waals surface area contributed by atoms with Crippen LogP contribution in [-0.2, 0) is 4.74 Å². The zero-order valence-electron chi connectivity index (χ0n) is 11.4. The van der Waals surface area contributed by atoms with Crippen LogP contribution >= 0.6 is 0 Å². The molecule has 3 N–H and O–H groups in total. The fourth-order valence-electron chi connectivity index (χ4n) is 2.47. The van der Waals surface area contributed by atoms with Gasteiger partial charge < -0.3 is 20.5 Å². The van der Waals surface area contributed by atoms with E-state index in [2.05, 4.69) is 4.98 Å². The van der Waals surface area contributed by atoms with Crippen LogP contribution in [0.3, 0.4) is 0 Å². The van der Waals surface area contributed by atoms with Gasteiger partial charge in [0.1, 0.15) is 0 Å². The van der Waals surface area contributed by atoms with Crippen LogP contribution in [0.5, 0.6) is 0 Å². The molecular weight excluding hydrogens is 246 g/mol. The molecule has 1 saturated heterocycles. The number of aromatic carboxylic acids is 1. The van der Waals surface area contributed by atoms with E-state index in [-0.39, 0.29) is 17.3 Å². The summed E-state index contributed by atoms with van der Waals surface area (Å²) < 4.78 is 5.82. The van der Waals surface area contributed by atoms with Crippen molar-refractivity contribution in [2.24, 2.45) is 0 Å². The predicted molar refractivity (Wildman–Crippen MR) is 72.4 cm³/mol. The first kappa shape index (κ1) is 13.6. The second kappa shape index (κ2) is 4.70. The molecule has 1 aromatic rings. The number of hydrogen-bond donors (Lipinski definition) is 2. The van der Waals surface area contributed by atoms with E-state index in [9.17, 15) is 4.79 Å². The van der Waals surface area contributed by atoms with E-state index >= 15 is 0 Å². The van der Waals surface area contributed by atoms with Gasteiger partial charge in [0.25, 0.3) is 0 Å². The minimum Gasteiger partial charge on any atom is -0.478 e. The lowest BCUT2D eigenvalue weighted by Crippen LogP contribution is -2.52. The summed E-state index contributed by atoms with van der Waals surface area (Å²) in [5.41, 5.74) is 6.11. The molecule has 104 valence electrons. The summed E-state index contributed by atoms with van der Waals surface area (Å²) in [5.74, 6) is -0.408. The number of aromatic nitrogens is 1. The number of rotatable bonds is 2. The lowest BCUT2D eigenvalue weighted by Gasteiger charge is -2.42. The molecule has 1 fully saturated rings. The predicted octanol–water partition coefficient (Wildman–Crippen LogP) is 1.37. The summed E-state index contributed by atoms with van der Waals surface area (Å²) in [5, 5.41) is 8.91. The van der Waals surface area contributed by atoms with Crippen molar-refractivity contribution >= 4 is 17.5 Å². The van der Waals surface area contributed by atoms with E-state index in [1.165, 1.54) is 12.3 Å². The largest absolute Gasteiger partial charge is 0.478 e. The number of carboxylic acid groups (broad SMARTS) is 1. The Labute approximate surface area is 112 Å². The zero-order valence-corrected chi connectivity index (χ0v) is 11.4. The molecule has 1 aliphatic heterocycles. The Bertz CT molecular complexity index is 502. The van der Waals surface area contributed by atoms with Gasteiger partial charge in [0.2, 0.25) is 0 Å². The first-order valence-corrected chi connectivity index (χ1v) is 6.20. The normalized spacial score (nSPS) is 22.3. The first-order chi connectivity index (χ1) is 8.78. The number of pyridine rings is 1. The number of ether oxygens (including phenoxy) is 1. The van der Waals surface area contributed by atoms with Gasteiger partial charge in [-0.2, -0.15) is 0 Å². The molecule has 1 unspecified atom stereocenters. The van der Waals surface area contributed by atoms with Crippen molar-refractivity contribution in [2.75, 3.05) is 23.7 Å². The summed E-state index contributed by atoms with van der Waals surface area (Å²) in [6, 6.07) is 1.44. The number of nitrogens with zero attached hydrogens (tertiary/aromatic N) is 2. The van der Waals surface area contributed by atoms with Gasteiger partial charge in [-0.25, -0.2) is 9.78 Å². The molecule has 0 spiro atoms. The van der Waals surface area contributed by atoms with Gasteiger partial charge in [-0.3, -0.25) is 0 Å². The van der Waals surface area contributed by atoms with Gasteiger partial charge >= 0.3 is 5.97 Å². The number of carboxylic acids is 1. The van der Waals surface area contributed by atoms with Crippen LogP contribution < -0.4 is 10.6 Å². The lowest BCUT2D eigenvalue weighted by molar-refractivity contribution is -0.0751. The second-order valence-electron chi connectivity index (χ2n) is 5.51. The number of nitrogen functional groups attached to an aromatic ring is 1. The Hall–Kier alpha value is -1.82. The SMILES string of the molecule is CC1CN(c2ncc(C(=O)O)cc2N)CC(C)(C)O1. The molecule has 0 bridgehead atoms. The lowest BCUT2D eigenvalue weighted by atomic mass is 10.1. The van der Waals surface area contributed by atoms with E-state index in [0.29, 0.717) is 24.6 Å². The second-order valence-corrected chi connectivity index (χ2v) is 5.51. The molecule has 2 rings (SSSR count). The third-order valence-electron chi connectivity index (χ3n) is 3.01. The monoisotopic (exact) mass is 265 g/mol. The fourth-order valence-corrected chi connectivity index (χ4v) is 2.47. The van der Waals surface area contributed by atoms with Crippen LogP contribution in [0.15, 0.2) is 12.3 Å². The maximum absolute atomic E-state index is 10.9. The zero-order chi connectivity index (χ0) is 14.2. The highest BCUT2D eigenvalue weighted by Gasteiger charge is 2.32. The van der Waals surface area contributed by atoms with Crippen LogP contribution in [0.2, 0.25) is 0 Å². The molecule has 0 radical (unpaired) electrons. The molecule has 1 atom stereocenters. The number of morpholine rings is 1. The van der Waals surface area contributed by atoms with Crippen molar-refractivity contribution in [3.05, 3.63) is 17.8 Å². The maximum atomic E-state index is 10.9. The average Bonchev–Trinajstić information content (AvgIpc) is 2.25. The summed E-state index contributed by atoms with van der Waals surface area (Å²) >= 11 is 0. The smallest absolute Gasteiger partial charge is 0.337 e. The van der Waals surface area contributed by atoms with E-state index in [1.807, 2.05) is 25.7 Å². The summed E-state index contributed by atoms with van der Waals surface area (Å²) in [4.78, 5) is 17.1. The highest BCUT2D eigenvalue weighted by Crippen LogP contribution is 2.28. The Morgan fingerprint density at radius 3 is 2.84 bits per heavy atom. The van der Waals surface area contributed by atoms with Gasteiger partial charge in [0, 0.05) is 19.3 Å². The van der Waals surface area contributed by atoms with Crippen LogP contribution in [0.1, 0.15) is 31.1 Å². The van der Waals surface area contributed by atoms with Gasteiger partial charge in [-0.05, 0) is 26.8 Å². The van der Waals surface area contributed by atoms with Crippen molar-refractivity contribution in [1.29, 1.82) is 0 Å². The number of carbonyl (C=O) groups is 1. The van der Waals surface area contributed by atoms with Gasteiger partial charge in [-0.15, -0.1) is 0 Å². The minimum absolute atomic E-state index is 0.0732. The Balaban J connectivity index is 2.29. The molecule has 0 aromatic carbocycles. The van der Waals surface area contributed by atoms with E-state index < -0.39 is 5.97 Å². The highest BCUT2D eigenvalue weighted by molar-refractivity contribution is 5.89. The molecular formula is C13H19N3O3. The summed E-state index contributed by atoms with van der Waals surface area (Å²) in [6.07, 6.45) is 1.41. The Kier molecular flexibility index (Phi) is 3.36. The van der Waals surface area contributed by atoms with Gasteiger partial charge in [0.15, 0.2) is 5.82 Å². The molecule has 1 aliphatic rings. The molecule has 1 aromatic heterocycles. The van der Waals surface area contributed by atoms with Gasteiger partial charge in [0.05, 0.1) is 23.0 Å². The van der Waals surface area contributed by atoms with Crippen molar-refractivity contribution in [1.82, 2.24) is 4.98 Å². The molecule has 2 heterocycles. The molecule has 0 saturated carbocycles. The third kappa shape index (κ3) is 2.96. The van der Waals surface area contributed by atoms with Crippen LogP contribution in [0, 0.1) is 0 Å². The summed E-state index contributed by atoms with van der Waals surface area (Å²) in [7, 11) is 0. The summed E-state index contributed by atoms with van der Waals surface area (Å²) in [6.45, 7) is 7.37. The molecule has 6 nitrogen and oxygen atoms in total. The minimum atomic E-state index is -1.03. The van der Waals surface area contributed by atoms with Crippen molar-refractivity contribution in [3.63, 3.8) is 0 Å². The Morgan fingerprint density at radius 1 is 1.63 bits per heavy atom. The fraction of sp³-hybridized carbons (Fsp3) is 0.538. The van der Waals surface area contributed by atoms with Crippen molar-refractivity contribution in [2.45, 2.75) is 32.5 Å². The topological polar surface area (TPSA) is 88.7 Å². The molecule has 6 heteroatoms. The standard InChI is InChI=1S/C13H19N3O3/c1-8-6-16(7-13(2,3)19-8)11-10(14)4-9(5-15-11)12(17)18/h4-5,8H,6-7,14H2,1-3H3,(H,17,18). The number of hydrogen-bond acceptors (Lipinski definition) is 5. The van der Waals surface area contributed by atoms with Crippen LogP contribution in [-0.4, -0.2) is 40.9 Å². The highest BCUT2D eigenvalue weighted by atomic mass is 16.5. The van der Waals surface area contributed by atoms with E-state index in [0.717, 1.165) is 0 Å².